The van der Waals surface area contributed by atoms with Gasteiger partial charge < -0.3 is 10.5 Å². The molecule has 0 bridgehead atoms. The van der Waals surface area contributed by atoms with Crippen molar-refractivity contribution in [2.45, 2.75) is 27.2 Å². The molecule has 0 heterocycles. The molecule has 1 aromatic carbocycles. The summed E-state index contributed by atoms with van der Waals surface area (Å²) in [5.74, 6) is 1.59. The van der Waals surface area contributed by atoms with E-state index in [-0.39, 0.29) is 12.4 Å². The number of ether oxygens (including phenoxy) is 1. The zero-order valence-electron chi connectivity index (χ0n) is 9.62. The summed E-state index contributed by atoms with van der Waals surface area (Å²) in [6.45, 7) is 7.09. The second-order valence-electron chi connectivity index (χ2n) is 3.90. The van der Waals surface area contributed by atoms with Crippen LogP contribution in [0.15, 0.2) is 18.2 Å². The van der Waals surface area contributed by atoms with Gasteiger partial charge in [0, 0.05) is 5.69 Å². The Morgan fingerprint density at radius 2 is 2.00 bits per heavy atom. The Kier molecular flexibility index (Phi) is 6.18. The first-order chi connectivity index (χ1) is 6.63. The minimum absolute atomic E-state index is 0. The fourth-order valence-electron chi connectivity index (χ4n) is 1.50. The van der Waals surface area contributed by atoms with Crippen molar-refractivity contribution in [3.63, 3.8) is 0 Å². The first-order valence-corrected chi connectivity index (χ1v) is 5.14. The lowest BCUT2D eigenvalue weighted by Crippen LogP contribution is -2.01. The lowest BCUT2D eigenvalue weighted by molar-refractivity contribution is 0.335. The van der Waals surface area contributed by atoms with Crippen molar-refractivity contribution in [3.05, 3.63) is 23.8 Å². The molecule has 0 aliphatic carbocycles. The molecule has 0 aliphatic heterocycles. The van der Waals surface area contributed by atoms with Crippen molar-refractivity contribution in [1.29, 1.82) is 0 Å². The fraction of sp³-hybridized carbons (Fsp3) is 0.500. The third-order valence-corrected chi connectivity index (χ3v) is 2.01. The lowest BCUT2D eigenvalue weighted by Gasteiger charge is -2.12. The Balaban J connectivity index is 0.00000196. The summed E-state index contributed by atoms with van der Waals surface area (Å²) in [5, 5.41) is 0. The predicted molar refractivity (Wildman–Crippen MR) is 67.8 cm³/mol. The highest BCUT2D eigenvalue weighted by Crippen LogP contribution is 2.24. The second kappa shape index (κ2) is 6.57. The largest absolute Gasteiger partial charge is 0.494 e. The fourth-order valence-corrected chi connectivity index (χ4v) is 1.50. The number of hydrogen-bond acceptors (Lipinski definition) is 2. The Morgan fingerprint density at radius 3 is 2.53 bits per heavy atom. The molecule has 1 aromatic rings. The van der Waals surface area contributed by atoms with Gasteiger partial charge in [-0.05, 0) is 43.0 Å². The molecule has 0 spiro atoms. The third-order valence-electron chi connectivity index (χ3n) is 2.01. The molecule has 1 rings (SSSR count). The minimum atomic E-state index is 0. The highest BCUT2D eigenvalue weighted by Gasteiger charge is 2.05. The summed E-state index contributed by atoms with van der Waals surface area (Å²) in [5.41, 5.74) is 7.76. The molecule has 0 radical (unpaired) electrons. The molecule has 0 unspecified atom stereocenters. The maximum absolute atomic E-state index is 5.74. The molecular formula is C12H20ClNO. The van der Waals surface area contributed by atoms with Crippen molar-refractivity contribution in [1.82, 2.24) is 0 Å². The normalized spacial score (nSPS) is 9.87. The van der Waals surface area contributed by atoms with Crippen molar-refractivity contribution >= 4 is 18.1 Å². The van der Waals surface area contributed by atoms with Gasteiger partial charge in [0.2, 0.25) is 0 Å². The van der Waals surface area contributed by atoms with E-state index in [4.69, 9.17) is 10.5 Å². The average molecular weight is 230 g/mol. The Morgan fingerprint density at radius 1 is 1.33 bits per heavy atom. The van der Waals surface area contributed by atoms with Crippen LogP contribution in [0.2, 0.25) is 0 Å². The van der Waals surface area contributed by atoms with Crippen LogP contribution in [0, 0.1) is 5.92 Å². The van der Waals surface area contributed by atoms with E-state index in [1.165, 1.54) is 5.56 Å². The van der Waals surface area contributed by atoms with Gasteiger partial charge in [0.15, 0.2) is 0 Å². The molecule has 15 heavy (non-hydrogen) atoms. The molecule has 0 aromatic heterocycles. The molecule has 0 saturated heterocycles. The number of benzene rings is 1. The number of hydrogen-bond donors (Lipinski definition) is 1. The summed E-state index contributed by atoms with van der Waals surface area (Å²) in [6.07, 6.45) is 1.01. The summed E-state index contributed by atoms with van der Waals surface area (Å²) >= 11 is 0. The first-order valence-electron chi connectivity index (χ1n) is 5.14. The summed E-state index contributed by atoms with van der Waals surface area (Å²) in [4.78, 5) is 0. The Labute approximate surface area is 98.2 Å². The zero-order chi connectivity index (χ0) is 10.6. The summed E-state index contributed by atoms with van der Waals surface area (Å²) in [6, 6.07) is 5.84. The van der Waals surface area contributed by atoms with Gasteiger partial charge >= 0.3 is 0 Å². The molecule has 2 nitrogen and oxygen atoms in total. The van der Waals surface area contributed by atoms with E-state index in [1.807, 2.05) is 25.1 Å². The van der Waals surface area contributed by atoms with Crippen LogP contribution in [0.3, 0.4) is 0 Å². The standard InChI is InChI=1S/C12H19NO.ClH/c1-4-14-12-6-5-11(13)8-10(12)7-9(2)3;/h5-6,8-9H,4,7,13H2,1-3H3;1H. The van der Waals surface area contributed by atoms with Crippen molar-refractivity contribution < 1.29 is 4.74 Å². The van der Waals surface area contributed by atoms with E-state index in [0.717, 1.165) is 17.9 Å². The predicted octanol–water partition coefficient (Wildman–Crippen LogP) is 3.29. The van der Waals surface area contributed by atoms with Crippen LogP contribution in [0.5, 0.6) is 5.75 Å². The van der Waals surface area contributed by atoms with Gasteiger partial charge in [-0.3, -0.25) is 0 Å². The zero-order valence-corrected chi connectivity index (χ0v) is 10.4. The molecule has 0 fully saturated rings. The van der Waals surface area contributed by atoms with Gasteiger partial charge in [-0.25, -0.2) is 0 Å². The van der Waals surface area contributed by atoms with Crippen LogP contribution < -0.4 is 10.5 Å². The SMILES string of the molecule is CCOc1ccc(N)cc1CC(C)C.Cl. The van der Waals surface area contributed by atoms with E-state index in [0.29, 0.717) is 12.5 Å². The van der Waals surface area contributed by atoms with E-state index in [1.54, 1.807) is 0 Å². The maximum atomic E-state index is 5.74. The molecule has 0 amide bonds. The molecule has 0 saturated carbocycles. The van der Waals surface area contributed by atoms with Gasteiger partial charge in [-0.15, -0.1) is 12.4 Å². The minimum Gasteiger partial charge on any atom is -0.494 e. The van der Waals surface area contributed by atoms with Gasteiger partial charge in [0.05, 0.1) is 6.61 Å². The van der Waals surface area contributed by atoms with E-state index in [2.05, 4.69) is 13.8 Å². The van der Waals surface area contributed by atoms with Crippen molar-refractivity contribution in [2.24, 2.45) is 5.92 Å². The van der Waals surface area contributed by atoms with Crippen molar-refractivity contribution in [3.8, 4) is 5.75 Å². The molecule has 86 valence electrons. The molecule has 0 atom stereocenters. The van der Waals surface area contributed by atoms with Crippen LogP contribution in [0.25, 0.3) is 0 Å². The number of anilines is 1. The quantitative estimate of drug-likeness (QED) is 0.805. The number of halogens is 1. The Hall–Kier alpha value is -0.890. The van der Waals surface area contributed by atoms with E-state index < -0.39 is 0 Å². The molecule has 0 aliphatic rings. The highest BCUT2D eigenvalue weighted by molar-refractivity contribution is 5.85. The van der Waals surface area contributed by atoms with Crippen LogP contribution >= 0.6 is 12.4 Å². The van der Waals surface area contributed by atoms with E-state index >= 15 is 0 Å². The topological polar surface area (TPSA) is 35.2 Å². The third kappa shape index (κ3) is 4.43. The monoisotopic (exact) mass is 229 g/mol. The van der Waals surface area contributed by atoms with Crippen LogP contribution in [0.4, 0.5) is 5.69 Å². The molecule has 3 heteroatoms. The van der Waals surface area contributed by atoms with Crippen LogP contribution in [-0.4, -0.2) is 6.61 Å². The molecular weight excluding hydrogens is 210 g/mol. The second-order valence-corrected chi connectivity index (χ2v) is 3.90. The maximum Gasteiger partial charge on any atom is 0.122 e. The average Bonchev–Trinajstić information content (AvgIpc) is 2.09. The summed E-state index contributed by atoms with van der Waals surface area (Å²) in [7, 11) is 0. The highest BCUT2D eigenvalue weighted by atomic mass is 35.5. The Bertz CT molecular complexity index is 300. The summed E-state index contributed by atoms with van der Waals surface area (Å²) < 4.78 is 5.54. The lowest BCUT2D eigenvalue weighted by atomic mass is 10.0. The number of nitrogen functional groups attached to an aromatic ring is 1. The first kappa shape index (κ1) is 14.1. The number of rotatable bonds is 4. The smallest absolute Gasteiger partial charge is 0.122 e. The number of nitrogens with two attached hydrogens (primary N) is 1. The van der Waals surface area contributed by atoms with Gasteiger partial charge in [-0.1, -0.05) is 13.8 Å². The van der Waals surface area contributed by atoms with Crippen LogP contribution in [0.1, 0.15) is 26.3 Å². The van der Waals surface area contributed by atoms with Gasteiger partial charge in [0.1, 0.15) is 5.75 Å². The van der Waals surface area contributed by atoms with E-state index in [9.17, 15) is 0 Å². The van der Waals surface area contributed by atoms with Crippen LogP contribution in [-0.2, 0) is 6.42 Å². The van der Waals surface area contributed by atoms with Gasteiger partial charge in [0.25, 0.3) is 0 Å². The van der Waals surface area contributed by atoms with Crippen molar-refractivity contribution in [2.75, 3.05) is 12.3 Å². The molecule has 2 N–H and O–H groups in total. The van der Waals surface area contributed by atoms with Gasteiger partial charge in [-0.2, -0.15) is 0 Å².